The fourth-order valence-corrected chi connectivity index (χ4v) is 3.70. The van der Waals surface area contributed by atoms with Crippen LogP contribution in [0.2, 0.25) is 0 Å². The van der Waals surface area contributed by atoms with E-state index in [0.29, 0.717) is 32.2 Å². The number of carboxylic acid groups (broad SMARTS) is 1. The molecule has 2 amide bonds. The predicted molar refractivity (Wildman–Crippen MR) is 115 cm³/mol. The molecule has 1 fully saturated rings. The van der Waals surface area contributed by atoms with Crippen molar-refractivity contribution in [2.75, 3.05) is 13.7 Å². The molecule has 2 heterocycles. The fraction of sp³-hybridized carbons (Fsp3) is 0.476. The van der Waals surface area contributed by atoms with Gasteiger partial charge in [-0.15, -0.1) is 0 Å². The van der Waals surface area contributed by atoms with Gasteiger partial charge in [-0.1, -0.05) is 6.07 Å². The van der Waals surface area contributed by atoms with Crippen molar-refractivity contribution in [1.82, 2.24) is 25.4 Å². The average Bonchev–Trinajstić information content (AvgIpc) is 3.29. The van der Waals surface area contributed by atoms with Crippen LogP contribution in [0.15, 0.2) is 41.5 Å². The Labute approximate surface area is 185 Å². The first-order valence-electron chi connectivity index (χ1n) is 10.3. The second-order valence-corrected chi connectivity index (χ2v) is 7.35. The molecule has 1 saturated carbocycles. The molecule has 0 aromatic carbocycles. The summed E-state index contributed by atoms with van der Waals surface area (Å²) in [6.45, 7) is 0.215. The van der Waals surface area contributed by atoms with Crippen LogP contribution in [0.1, 0.15) is 25.0 Å². The summed E-state index contributed by atoms with van der Waals surface area (Å²) >= 11 is 0. The van der Waals surface area contributed by atoms with Crippen molar-refractivity contribution in [2.24, 2.45) is 5.92 Å². The van der Waals surface area contributed by atoms with Gasteiger partial charge >= 0.3 is 0 Å². The van der Waals surface area contributed by atoms with Crippen LogP contribution in [0.4, 0.5) is 0 Å². The Kier molecular flexibility index (Phi) is 10.1. The van der Waals surface area contributed by atoms with E-state index in [9.17, 15) is 14.4 Å². The maximum atomic E-state index is 12.6. The van der Waals surface area contributed by atoms with Gasteiger partial charge in [0.1, 0.15) is 6.54 Å². The molecule has 0 aliphatic heterocycles. The lowest BCUT2D eigenvalue weighted by Crippen LogP contribution is -2.51. The van der Waals surface area contributed by atoms with Crippen LogP contribution in [0.5, 0.6) is 0 Å². The average molecular weight is 447 g/mol. The van der Waals surface area contributed by atoms with Crippen LogP contribution in [-0.2, 0) is 32.1 Å². The van der Waals surface area contributed by atoms with Crippen LogP contribution in [-0.4, -0.2) is 64.0 Å². The number of ether oxygens (including phenoxy) is 1. The molecule has 4 N–H and O–H groups in total. The van der Waals surface area contributed by atoms with Gasteiger partial charge in [0, 0.05) is 50.1 Å². The summed E-state index contributed by atoms with van der Waals surface area (Å²) in [5.41, 5.74) is 0.735. The van der Waals surface area contributed by atoms with Gasteiger partial charge in [-0.3, -0.25) is 24.3 Å². The first-order valence-corrected chi connectivity index (χ1v) is 10.3. The predicted octanol–water partition coefficient (Wildman–Crippen LogP) is -0.0690. The zero-order valence-corrected chi connectivity index (χ0v) is 17.9. The summed E-state index contributed by atoms with van der Waals surface area (Å²) in [4.78, 5) is 45.1. The SMILES string of the molecule is CO[C@@H]1CC[C@H](C(=O)NCCc2ccn[nH]2)C[C@H]1NC(=O)Cn1ccccc1=O.O=CO. The van der Waals surface area contributed by atoms with Crippen LogP contribution < -0.4 is 16.2 Å². The highest BCUT2D eigenvalue weighted by Crippen LogP contribution is 2.26. The molecular weight excluding hydrogens is 418 g/mol. The van der Waals surface area contributed by atoms with Crippen molar-refractivity contribution in [1.29, 1.82) is 0 Å². The lowest BCUT2D eigenvalue weighted by Gasteiger charge is -2.35. The highest BCUT2D eigenvalue weighted by molar-refractivity contribution is 5.79. The van der Waals surface area contributed by atoms with Crippen molar-refractivity contribution in [2.45, 2.75) is 44.4 Å². The second kappa shape index (κ2) is 13.1. The van der Waals surface area contributed by atoms with Crippen molar-refractivity contribution >= 4 is 18.3 Å². The molecule has 0 bridgehead atoms. The molecule has 3 atom stereocenters. The molecule has 0 radical (unpaired) electrons. The monoisotopic (exact) mass is 447 g/mol. The van der Waals surface area contributed by atoms with E-state index in [1.807, 2.05) is 6.07 Å². The van der Waals surface area contributed by atoms with Crippen LogP contribution >= 0.6 is 0 Å². The highest BCUT2D eigenvalue weighted by Gasteiger charge is 2.34. The number of hydrogen-bond acceptors (Lipinski definition) is 6. The molecule has 1 aliphatic rings. The smallest absolute Gasteiger partial charge is 0.290 e. The lowest BCUT2D eigenvalue weighted by molar-refractivity contribution is -0.130. The number of rotatable bonds is 8. The van der Waals surface area contributed by atoms with E-state index in [4.69, 9.17) is 14.6 Å². The third-order valence-electron chi connectivity index (χ3n) is 5.27. The van der Waals surface area contributed by atoms with Gasteiger partial charge in [0.05, 0.1) is 12.1 Å². The van der Waals surface area contributed by atoms with E-state index < -0.39 is 0 Å². The number of H-pyrrole nitrogens is 1. The van der Waals surface area contributed by atoms with Crippen LogP contribution in [0.25, 0.3) is 0 Å². The zero-order chi connectivity index (χ0) is 23.3. The first kappa shape index (κ1) is 24.8. The lowest BCUT2D eigenvalue weighted by atomic mass is 9.83. The molecule has 2 aromatic heterocycles. The molecule has 3 rings (SSSR count). The summed E-state index contributed by atoms with van der Waals surface area (Å²) < 4.78 is 6.86. The number of nitrogens with zero attached hydrogens (tertiary/aromatic N) is 2. The Hall–Kier alpha value is -3.47. The molecule has 1 aliphatic carbocycles. The van der Waals surface area contributed by atoms with Crippen molar-refractivity contribution in [3.8, 4) is 0 Å². The topological polar surface area (TPSA) is 155 Å². The fourth-order valence-electron chi connectivity index (χ4n) is 3.70. The largest absolute Gasteiger partial charge is 0.483 e. The van der Waals surface area contributed by atoms with E-state index in [1.165, 1.54) is 10.6 Å². The Morgan fingerprint density at radius 2 is 2.12 bits per heavy atom. The number of pyridine rings is 1. The third-order valence-corrected chi connectivity index (χ3v) is 5.27. The van der Waals surface area contributed by atoms with Gasteiger partial charge in [0.25, 0.3) is 12.0 Å². The molecule has 32 heavy (non-hydrogen) atoms. The van der Waals surface area contributed by atoms with E-state index in [2.05, 4.69) is 20.8 Å². The number of hydrogen-bond donors (Lipinski definition) is 4. The van der Waals surface area contributed by atoms with E-state index >= 15 is 0 Å². The van der Waals surface area contributed by atoms with E-state index in [1.54, 1.807) is 31.6 Å². The van der Waals surface area contributed by atoms with Crippen molar-refractivity contribution in [3.05, 3.63) is 52.7 Å². The van der Waals surface area contributed by atoms with Gasteiger partial charge in [-0.05, 0) is 31.4 Å². The quantitative estimate of drug-likeness (QED) is 0.413. The van der Waals surface area contributed by atoms with Gasteiger partial charge in [-0.25, -0.2) is 0 Å². The Balaban J connectivity index is 0.00000114. The summed E-state index contributed by atoms with van der Waals surface area (Å²) in [6, 6.07) is 6.35. The van der Waals surface area contributed by atoms with E-state index in [0.717, 1.165) is 5.69 Å². The molecule has 0 saturated heterocycles. The second-order valence-electron chi connectivity index (χ2n) is 7.35. The van der Waals surface area contributed by atoms with Crippen molar-refractivity contribution in [3.63, 3.8) is 0 Å². The standard InChI is InChI=1S/C20H27N5O4.CH2O2/c1-29-17-6-5-14(20(28)21-9-7-15-8-10-22-24-15)12-16(17)23-18(26)13-25-11-3-2-4-19(25)27;2-1-3/h2-4,8,10-11,14,16-17H,5-7,9,12-13H2,1H3,(H,21,28)(H,22,24)(H,23,26);1H,(H,2,3)/t14-,16+,17+;/m0./s1. The Bertz CT molecular complexity index is 913. The number of carbonyl (C=O) groups excluding carboxylic acids is 2. The molecule has 174 valence electrons. The minimum absolute atomic E-state index is 0.0161. The normalized spacial score (nSPS) is 19.8. The number of carbonyl (C=O) groups is 3. The number of amides is 2. The summed E-state index contributed by atoms with van der Waals surface area (Å²) in [5, 5.41) is 19.5. The molecule has 0 unspecified atom stereocenters. The maximum Gasteiger partial charge on any atom is 0.290 e. The first-order chi connectivity index (χ1) is 15.5. The summed E-state index contributed by atoms with van der Waals surface area (Å²) in [5.74, 6) is -0.476. The summed E-state index contributed by atoms with van der Waals surface area (Å²) in [6.07, 6.45) is 5.69. The van der Waals surface area contributed by atoms with Gasteiger partial charge in [0.15, 0.2) is 0 Å². The zero-order valence-electron chi connectivity index (χ0n) is 17.9. The summed E-state index contributed by atoms with van der Waals surface area (Å²) in [7, 11) is 1.61. The Morgan fingerprint density at radius 3 is 2.78 bits per heavy atom. The van der Waals surface area contributed by atoms with Crippen LogP contribution in [0.3, 0.4) is 0 Å². The molecule has 11 nitrogen and oxygen atoms in total. The van der Waals surface area contributed by atoms with Gasteiger partial charge < -0.3 is 25.0 Å². The number of aromatic nitrogens is 3. The molecule has 0 spiro atoms. The molecule has 11 heteroatoms. The van der Waals surface area contributed by atoms with Crippen molar-refractivity contribution < 1.29 is 24.2 Å². The highest BCUT2D eigenvalue weighted by atomic mass is 16.5. The number of aromatic amines is 1. The minimum atomic E-state index is -0.274. The maximum absolute atomic E-state index is 12.6. The third kappa shape index (κ3) is 7.65. The molecule has 2 aromatic rings. The molecular formula is C21H29N5O6. The van der Waals surface area contributed by atoms with Gasteiger partial charge in [-0.2, -0.15) is 5.10 Å². The number of nitrogens with one attached hydrogen (secondary N) is 3. The number of methoxy groups -OCH3 is 1. The van der Waals surface area contributed by atoms with Gasteiger partial charge in [0.2, 0.25) is 11.8 Å². The van der Waals surface area contributed by atoms with Crippen LogP contribution in [0, 0.1) is 5.92 Å². The minimum Gasteiger partial charge on any atom is -0.483 e. The Morgan fingerprint density at radius 1 is 1.34 bits per heavy atom. The van der Waals surface area contributed by atoms with E-state index in [-0.39, 0.29) is 48.5 Å².